The fourth-order valence-corrected chi connectivity index (χ4v) is 5.96. The molecular formula is C19H24N4O5S. The molecule has 1 saturated carbocycles. The third kappa shape index (κ3) is 4.27. The van der Waals surface area contributed by atoms with Gasteiger partial charge in [-0.1, -0.05) is 25.0 Å². The fraction of sp³-hybridized carbons (Fsp3) is 0.526. The number of rotatable bonds is 6. The lowest BCUT2D eigenvalue weighted by atomic mass is 10.1. The number of hydrogen-bond acceptors (Lipinski definition) is 8. The zero-order valence-electron chi connectivity index (χ0n) is 15.9. The van der Waals surface area contributed by atoms with E-state index < -0.39 is 40.2 Å². The number of aliphatic hydroxyl groups is 1. The van der Waals surface area contributed by atoms with Gasteiger partial charge in [-0.2, -0.15) is 4.98 Å². The summed E-state index contributed by atoms with van der Waals surface area (Å²) in [6, 6.07) is 6.79. The van der Waals surface area contributed by atoms with Crippen LogP contribution in [-0.2, 0) is 14.6 Å². The number of aromatic nitrogens is 2. The van der Waals surface area contributed by atoms with E-state index in [1.807, 2.05) is 18.2 Å². The standard InChI is InChI=1S/C19H24N4O5S/c24-16-11-29(27,28)10-15(16)23(9-17(25)26)19-21-14-8-4-3-7-13(14)18(22-19)20-12-5-1-2-6-12/h3-4,7-8,12,15-16,24H,1-2,5-6,9-11H2,(H,25,26)(H,20,21,22). The van der Waals surface area contributed by atoms with Gasteiger partial charge in [-0.15, -0.1) is 0 Å². The predicted molar refractivity (Wildman–Crippen MR) is 109 cm³/mol. The number of benzene rings is 1. The highest BCUT2D eigenvalue weighted by molar-refractivity contribution is 7.91. The molecule has 0 spiro atoms. The van der Waals surface area contributed by atoms with Crippen LogP contribution >= 0.6 is 0 Å². The van der Waals surface area contributed by atoms with Crippen molar-refractivity contribution < 1.29 is 23.4 Å². The molecule has 29 heavy (non-hydrogen) atoms. The van der Waals surface area contributed by atoms with Crippen molar-refractivity contribution in [3.8, 4) is 0 Å². The molecule has 4 rings (SSSR count). The van der Waals surface area contributed by atoms with Gasteiger partial charge in [0.1, 0.15) is 12.4 Å². The number of para-hydroxylation sites is 1. The maximum Gasteiger partial charge on any atom is 0.323 e. The minimum Gasteiger partial charge on any atom is -0.480 e. The van der Waals surface area contributed by atoms with Gasteiger partial charge in [0, 0.05) is 11.4 Å². The highest BCUT2D eigenvalue weighted by Gasteiger charge is 2.42. The second-order valence-electron chi connectivity index (χ2n) is 7.75. The number of aliphatic hydroxyl groups excluding tert-OH is 1. The fourth-order valence-electron chi connectivity index (χ4n) is 4.16. The first kappa shape index (κ1) is 19.8. The first-order valence-electron chi connectivity index (χ1n) is 9.72. The van der Waals surface area contributed by atoms with Gasteiger partial charge in [-0.25, -0.2) is 13.4 Å². The smallest absolute Gasteiger partial charge is 0.323 e. The SMILES string of the molecule is O=C(O)CN(c1nc(NC2CCCC2)c2ccccc2n1)C1CS(=O)(=O)CC1O. The minimum absolute atomic E-state index is 0.104. The summed E-state index contributed by atoms with van der Waals surface area (Å²) in [5.41, 5.74) is 0.628. The highest BCUT2D eigenvalue weighted by atomic mass is 32.2. The number of aliphatic carboxylic acids is 1. The van der Waals surface area contributed by atoms with E-state index in [9.17, 15) is 23.4 Å². The van der Waals surface area contributed by atoms with E-state index in [1.165, 1.54) is 4.90 Å². The zero-order chi connectivity index (χ0) is 20.6. The Kier molecular flexibility index (Phi) is 5.30. The van der Waals surface area contributed by atoms with Crippen LogP contribution in [0.15, 0.2) is 24.3 Å². The molecule has 0 amide bonds. The molecule has 10 heteroatoms. The predicted octanol–water partition coefficient (Wildman–Crippen LogP) is 1.03. The van der Waals surface area contributed by atoms with E-state index in [0.29, 0.717) is 11.3 Å². The first-order chi connectivity index (χ1) is 13.8. The monoisotopic (exact) mass is 420 g/mol. The van der Waals surface area contributed by atoms with Crippen molar-refractivity contribution in [3.05, 3.63) is 24.3 Å². The summed E-state index contributed by atoms with van der Waals surface area (Å²) in [5, 5.41) is 23.9. The molecule has 1 aliphatic carbocycles. The molecule has 1 saturated heterocycles. The molecule has 2 aliphatic rings. The van der Waals surface area contributed by atoms with Crippen LogP contribution < -0.4 is 10.2 Å². The Hall–Kier alpha value is -2.46. The van der Waals surface area contributed by atoms with Crippen molar-refractivity contribution in [2.75, 3.05) is 28.3 Å². The lowest BCUT2D eigenvalue weighted by Crippen LogP contribution is -2.46. The Bertz CT molecular complexity index is 1020. The molecule has 1 aliphatic heterocycles. The number of carboxylic acid groups (broad SMARTS) is 1. The summed E-state index contributed by atoms with van der Waals surface area (Å²) < 4.78 is 24.0. The molecule has 0 radical (unpaired) electrons. The Labute approximate surface area is 168 Å². The van der Waals surface area contributed by atoms with Crippen LogP contribution in [0.4, 0.5) is 11.8 Å². The van der Waals surface area contributed by atoms with Gasteiger partial charge < -0.3 is 20.4 Å². The minimum atomic E-state index is -3.46. The van der Waals surface area contributed by atoms with Gasteiger partial charge in [0.25, 0.3) is 0 Å². The Morgan fingerprint density at radius 2 is 1.90 bits per heavy atom. The third-order valence-electron chi connectivity index (χ3n) is 5.54. The summed E-state index contributed by atoms with van der Waals surface area (Å²) in [5.74, 6) is -1.17. The average Bonchev–Trinajstić information content (AvgIpc) is 3.26. The Morgan fingerprint density at radius 3 is 2.55 bits per heavy atom. The quantitative estimate of drug-likeness (QED) is 0.627. The molecular weight excluding hydrogens is 396 g/mol. The maximum atomic E-state index is 12.0. The molecule has 2 atom stereocenters. The van der Waals surface area contributed by atoms with E-state index in [0.717, 1.165) is 31.1 Å². The van der Waals surface area contributed by atoms with Gasteiger partial charge in [-0.05, 0) is 25.0 Å². The number of hydrogen-bond donors (Lipinski definition) is 3. The lowest BCUT2D eigenvalue weighted by Gasteiger charge is -2.29. The number of anilines is 2. The van der Waals surface area contributed by atoms with Crippen molar-refractivity contribution in [2.24, 2.45) is 0 Å². The number of carboxylic acids is 1. The zero-order valence-corrected chi connectivity index (χ0v) is 16.7. The Morgan fingerprint density at radius 1 is 1.17 bits per heavy atom. The summed E-state index contributed by atoms with van der Waals surface area (Å²) in [4.78, 5) is 21.9. The third-order valence-corrected chi connectivity index (χ3v) is 7.24. The lowest BCUT2D eigenvalue weighted by molar-refractivity contribution is -0.135. The average molecular weight is 420 g/mol. The second kappa shape index (κ2) is 7.75. The van der Waals surface area contributed by atoms with Crippen LogP contribution in [-0.4, -0.2) is 70.8 Å². The molecule has 3 N–H and O–H groups in total. The maximum absolute atomic E-state index is 12.0. The van der Waals surface area contributed by atoms with Crippen LogP contribution in [0.3, 0.4) is 0 Å². The van der Waals surface area contributed by atoms with Crippen LogP contribution in [0.25, 0.3) is 10.9 Å². The van der Waals surface area contributed by atoms with E-state index in [4.69, 9.17) is 0 Å². The van der Waals surface area contributed by atoms with Crippen molar-refractivity contribution in [3.63, 3.8) is 0 Å². The molecule has 2 fully saturated rings. The van der Waals surface area contributed by atoms with Gasteiger partial charge in [0.05, 0.1) is 29.2 Å². The molecule has 1 aromatic carbocycles. The van der Waals surface area contributed by atoms with Crippen LogP contribution in [0.5, 0.6) is 0 Å². The van der Waals surface area contributed by atoms with Crippen LogP contribution in [0.2, 0.25) is 0 Å². The highest BCUT2D eigenvalue weighted by Crippen LogP contribution is 2.30. The van der Waals surface area contributed by atoms with E-state index >= 15 is 0 Å². The van der Waals surface area contributed by atoms with Crippen molar-refractivity contribution in [1.29, 1.82) is 0 Å². The van der Waals surface area contributed by atoms with Gasteiger partial charge in [0.15, 0.2) is 9.84 Å². The summed E-state index contributed by atoms with van der Waals surface area (Å²) in [6.07, 6.45) is 3.16. The number of nitrogens with one attached hydrogen (secondary N) is 1. The van der Waals surface area contributed by atoms with Crippen LogP contribution in [0.1, 0.15) is 25.7 Å². The Balaban J connectivity index is 1.77. The van der Waals surface area contributed by atoms with Gasteiger partial charge in [0.2, 0.25) is 5.95 Å². The number of nitrogens with zero attached hydrogens (tertiary/aromatic N) is 3. The summed E-state index contributed by atoms with van der Waals surface area (Å²) in [6.45, 7) is -0.502. The largest absolute Gasteiger partial charge is 0.480 e. The van der Waals surface area contributed by atoms with Crippen LogP contribution in [0, 0.1) is 0 Å². The van der Waals surface area contributed by atoms with Gasteiger partial charge >= 0.3 is 5.97 Å². The molecule has 2 unspecified atom stereocenters. The first-order valence-corrected chi connectivity index (χ1v) is 11.5. The summed E-state index contributed by atoms with van der Waals surface area (Å²) in [7, 11) is -3.46. The topological polar surface area (TPSA) is 133 Å². The normalized spacial score (nSPS) is 24.0. The van der Waals surface area contributed by atoms with Crippen molar-refractivity contribution >= 4 is 38.5 Å². The molecule has 0 bridgehead atoms. The van der Waals surface area contributed by atoms with Crippen molar-refractivity contribution in [1.82, 2.24) is 9.97 Å². The molecule has 2 aromatic rings. The number of fused-ring (bicyclic) bond motifs is 1. The molecule has 156 valence electrons. The summed E-state index contributed by atoms with van der Waals surface area (Å²) >= 11 is 0. The van der Waals surface area contributed by atoms with Crippen molar-refractivity contribution in [2.45, 2.75) is 43.9 Å². The molecule has 2 heterocycles. The van der Waals surface area contributed by atoms with Gasteiger partial charge in [-0.3, -0.25) is 4.79 Å². The molecule has 9 nitrogen and oxygen atoms in total. The van der Waals surface area contributed by atoms with E-state index in [2.05, 4.69) is 15.3 Å². The molecule has 1 aromatic heterocycles. The number of sulfone groups is 1. The second-order valence-corrected chi connectivity index (χ2v) is 9.90. The number of carbonyl (C=O) groups is 1. The van der Waals surface area contributed by atoms with E-state index in [-0.39, 0.29) is 17.7 Å². The van der Waals surface area contributed by atoms with E-state index in [1.54, 1.807) is 6.07 Å².